The molecule has 1 aliphatic heterocycles. The summed E-state index contributed by atoms with van der Waals surface area (Å²) in [7, 11) is 1.62. The fourth-order valence-corrected chi connectivity index (χ4v) is 3.28. The Morgan fingerprint density at radius 2 is 1.80 bits per heavy atom. The van der Waals surface area contributed by atoms with Crippen LogP contribution in [-0.4, -0.2) is 55.5 Å². The number of rotatable bonds is 5. The summed E-state index contributed by atoms with van der Waals surface area (Å²) in [6.45, 7) is 4.33. The van der Waals surface area contributed by atoms with Crippen LogP contribution in [0.3, 0.4) is 0 Å². The highest BCUT2D eigenvalue weighted by atomic mass is 35.5. The Kier molecular flexibility index (Phi) is 5.95. The van der Waals surface area contributed by atoms with Gasteiger partial charge in [-0.2, -0.15) is 0 Å². The minimum atomic E-state index is 0.0946. The largest absolute Gasteiger partial charge is 0.497 e. The number of benzene rings is 2. The molecule has 2 aromatic rings. The summed E-state index contributed by atoms with van der Waals surface area (Å²) in [6, 6.07) is 15.3. The molecule has 0 saturated carbocycles. The van der Waals surface area contributed by atoms with E-state index in [1.54, 1.807) is 7.11 Å². The minimum absolute atomic E-state index is 0.0946. The maximum Gasteiger partial charge on any atom is 0.253 e. The van der Waals surface area contributed by atoms with Gasteiger partial charge in [0, 0.05) is 43.3 Å². The first-order chi connectivity index (χ1) is 12.2. The number of piperazine rings is 1. The van der Waals surface area contributed by atoms with Gasteiger partial charge in [0.2, 0.25) is 0 Å². The van der Waals surface area contributed by atoms with E-state index in [1.807, 2.05) is 47.4 Å². The highest BCUT2D eigenvalue weighted by molar-refractivity contribution is 6.30. The van der Waals surface area contributed by atoms with E-state index in [2.05, 4.69) is 11.0 Å². The molecule has 25 heavy (non-hydrogen) atoms. The van der Waals surface area contributed by atoms with Gasteiger partial charge in [-0.05, 0) is 48.4 Å². The Labute approximate surface area is 154 Å². The SMILES string of the molecule is COc1ccc(C(=O)N2CCN(CCc3cccc(Cl)c3)CC2)cc1. The van der Waals surface area contributed by atoms with E-state index in [-0.39, 0.29) is 5.91 Å². The van der Waals surface area contributed by atoms with E-state index in [1.165, 1.54) is 5.56 Å². The number of ether oxygens (including phenoxy) is 1. The van der Waals surface area contributed by atoms with E-state index in [9.17, 15) is 4.79 Å². The highest BCUT2D eigenvalue weighted by Gasteiger charge is 2.21. The molecule has 1 saturated heterocycles. The summed E-state index contributed by atoms with van der Waals surface area (Å²) in [5.74, 6) is 0.861. The van der Waals surface area contributed by atoms with E-state index in [0.29, 0.717) is 5.56 Å². The zero-order valence-corrected chi connectivity index (χ0v) is 15.2. The standard InChI is InChI=1S/C20H23ClN2O2/c1-25-19-7-5-17(6-8-19)20(24)23-13-11-22(12-14-23)10-9-16-3-2-4-18(21)15-16/h2-8,15H,9-14H2,1H3. The lowest BCUT2D eigenvalue weighted by Gasteiger charge is -2.34. The van der Waals surface area contributed by atoms with Crippen molar-refractivity contribution in [3.8, 4) is 5.75 Å². The molecule has 0 N–H and O–H groups in total. The summed E-state index contributed by atoms with van der Waals surface area (Å²) in [5, 5.41) is 0.785. The summed E-state index contributed by atoms with van der Waals surface area (Å²) in [6.07, 6.45) is 0.979. The molecule has 3 rings (SSSR count). The van der Waals surface area contributed by atoms with Crippen LogP contribution in [0.15, 0.2) is 48.5 Å². The van der Waals surface area contributed by atoms with Gasteiger partial charge in [-0.3, -0.25) is 9.69 Å². The van der Waals surface area contributed by atoms with Crippen molar-refractivity contribution in [3.63, 3.8) is 0 Å². The first-order valence-electron chi connectivity index (χ1n) is 8.56. The van der Waals surface area contributed by atoms with Crippen LogP contribution in [0.25, 0.3) is 0 Å². The van der Waals surface area contributed by atoms with E-state index in [0.717, 1.165) is 49.9 Å². The molecule has 1 aliphatic rings. The van der Waals surface area contributed by atoms with Crippen LogP contribution < -0.4 is 4.74 Å². The second-order valence-electron chi connectivity index (χ2n) is 6.24. The number of hydrogen-bond donors (Lipinski definition) is 0. The van der Waals surface area contributed by atoms with Crippen molar-refractivity contribution in [2.45, 2.75) is 6.42 Å². The van der Waals surface area contributed by atoms with Crippen molar-refractivity contribution >= 4 is 17.5 Å². The predicted molar refractivity (Wildman–Crippen MR) is 100 cm³/mol. The number of halogens is 1. The van der Waals surface area contributed by atoms with Gasteiger partial charge in [0.25, 0.3) is 5.91 Å². The molecule has 4 nitrogen and oxygen atoms in total. The number of methoxy groups -OCH3 is 1. The van der Waals surface area contributed by atoms with Crippen molar-refractivity contribution in [3.05, 3.63) is 64.7 Å². The molecule has 1 heterocycles. The lowest BCUT2D eigenvalue weighted by atomic mass is 10.1. The number of amides is 1. The Morgan fingerprint density at radius 3 is 2.44 bits per heavy atom. The third-order valence-corrected chi connectivity index (χ3v) is 4.84. The molecule has 0 bridgehead atoms. The van der Waals surface area contributed by atoms with E-state index in [4.69, 9.17) is 16.3 Å². The molecule has 1 amide bonds. The van der Waals surface area contributed by atoms with Crippen molar-refractivity contribution in [1.29, 1.82) is 0 Å². The third kappa shape index (κ3) is 4.74. The van der Waals surface area contributed by atoms with Crippen LogP contribution in [0.1, 0.15) is 15.9 Å². The average molecular weight is 359 g/mol. The van der Waals surface area contributed by atoms with Crippen LogP contribution in [-0.2, 0) is 6.42 Å². The monoisotopic (exact) mass is 358 g/mol. The summed E-state index contributed by atoms with van der Waals surface area (Å²) < 4.78 is 5.14. The minimum Gasteiger partial charge on any atom is -0.497 e. The smallest absolute Gasteiger partial charge is 0.253 e. The Morgan fingerprint density at radius 1 is 1.08 bits per heavy atom. The zero-order chi connectivity index (χ0) is 17.6. The van der Waals surface area contributed by atoms with Gasteiger partial charge in [0.05, 0.1) is 7.11 Å². The molecular formula is C20H23ClN2O2. The number of nitrogens with zero attached hydrogens (tertiary/aromatic N) is 2. The topological polar surface area (TPSA) is 32.8 Å². The second kappa shape index (κ2) is 8.37. The summed E-state index contributed by atoms with van der Waals surface area (Å²) in [5.41, 5.74) is 1.97. The number of hydrogen-bond acceptors (Lipinski definition) is 3. The van der Waals surface area contributed by atoms with Crippen LogP contribution in [0, 0.1) is 0 Å². The predicted octanol–water partition coefficient (Wildman–Crippen LogP) is 3.35. The quantitative estimate of drug-likeness (QED) is 0.821. The van der Waals surface area contributed by atoms with Crippen LogP contribution in [0.2, 0.25) is 5.02 Å². The Hall–Kier alpha value is -2.04. The second-order valence-corrected chi connectivity index (χ2v) is 6.68. The molecule has 0 aromatic heterocycles. The lowest BCUT2D eigenvalue weighted by Crippen LogP contribution is -2.49. The lowest BCUT2D eigenvalue weighted by molar-refractivity contribution is 0.0638. The van der Waals surface area contributed by atoms with Gasteiger partial charge in [0.1, 0.15) is 5.75 Å². The molecule has 0 spiro atoms. The zero-order valence-electron chi connectivity index (χ0n) is 14.5. The summed E-state index contributed by atoms with van der Waals surface area (Å²) >= 11 is 6.03. The highest BCUT2D eigenvalue weighted by Crippen LogP contribution is 2.15. The molecule has 0 unspecified atom stereocenters. The van der Waals surface area contributed by atoms with Gasteiger partial charge >= 0.3 is 0 Å². The van der Waals surface area contributed by atoms with Crippen molar-refractivity contribution in [1.82, 2.24) is 9.80 Å². The molecule has 1 fully saturated rings. The van der Waals surface area contributed by atoms with E-state index < -0.39 is 0 Å². The molecule has 2 aromatic carbocycles. The van der Waals surface area contributed by atoms with Gasteiger partial charge < -0.3 is 9.64 Å². The number of carbonyl (C=O) groups is 1. The molecule has 0 radical (unpaired) electrons. The molecule has 5 heteroatoms. The molecule has 0 atom stereocenters. The van der Waals surface area contributed by atoms with E-state index >= 15 is 0 Å². The fraction of sp³-hybridized carbons (Fsp3) is 0.350. The third-order valence-electron chi connectivity index (χ3n) is 4.60. The molecular weight excluding hydrogens is 336 g/mol. The number of carbonyl (C=O) groups excluding carboxylic acids is 1. The normalized spacial score (nSPS) is 15.2. The van der Waals surface area contributed by atoms with Gasteiger partial charge in [-0.25, -0.2) is 0 Å². The fourth-order valence-electron chi connectivity index (χ4n) is 3.07. The van der Waals surface area contributed by atoms with Crippen LogP contribution in [0.4, 0.5) is 0 Å². The average Bonchev–Trinajstić information content (AvgIpc) is 2.66. The Balaban J connectivity index is 1.48. The molecule has 132 valence electrons. The van der Waals surface area contributed by atoms with Crippen molar-refractivity contribution in [2.75, 3.05) is 39.8 Å². The first kappa shape index (κ1) is 17.8. The van der Waals surface area contributed by atoms with Crippen molar-refractivity contribution < 1.29 is 9.53 Å². The maximum atomic E-state index is 12.6. The van der Waals surface area contributed by atoms with Crippen LogP contribution in [0.5, 0.6) is 5.75 Å². The van der Waals surface area contributed by atoms with Crippen LogP contribution >= 0.6 is 11.6 Å². The maximum absolute atomic E-state index is 12.6. The van der Waals surface area contributed by atoms with Gasteiger partial charge in [0.15, 0.2) is 0 Å². The Bertz CT molecular complexity index is 710. The first-order valence-corrected chi connectivity index (χ1v) is 8.93. The van der Waals surface area contributed by atoms with Gasteiger partial charge in [-0.15, -0.1) is 0 Å². The molecule has 0 aliphatic carbocycles. The van der Waals surface area contributed by atoms with Gasteiger partial charge in [-0.1, -0.05) is 23.7 Å². The van der Waals surface area contributed by atoms with Crippen molar-refractivity contribution in [2.24, 2.45) is 0 Å². The summed E-state index contributed by atoms with van der Waals surface area (Å²) in [4.78, 5) is 16.9.